The van der Waals surface area contributed by atoms with Crippen LogP contribution in [-0.4, -0.2) is 27.7 Å². The lowest BCUT2D eigenvalue weighted by Gasteiger charge is -2.14. The summed E-state index contributed by atoms with van der Waals surface area (Å²) in [7, 11) is 1.21. The molecule has 6 nitrogen and oxygen atoms in total. The highest BCUT2D eigenvalue weighted by Crippen LogP contribution is 2.30. The average molecular weight is 436 g/mol. The summed E-state index contributed by atoms with van der Waals surface area (Å²) < 4.78 is 6.59. The Bertz CT molecular complexity index is 983. The number of carbonyl (C=O) groups excluding carboxylic acids is 1. The predicted molar refractivity (Wildman–Crippen MR) is 97.3 cm³/mol. The minimum atomic E-state index is -0.755. The molecule has 0 radical (unpaired) electrons. The van der Waals surface area contributed by atoms with Crippen LogP contribution in [0.4, 0.5) is 0 Å². The zero-order valence-corrected chi connectivity index (χ0v) is 14.9. The Balaban J connectivity index is 2.32. The predicted octanol–water partition coefficient (Wildman–Crippen LogP) is 2.54. The fourth-order valence-electron chi connectivity index (χ4n) is 2.49. The fourth-order valence-corrected chi connectivity index (χ4v) is 3.16. The minimum Gasteiger partial charge on any atom is -0.504 e. The number of fused-ring (bicyclic) bond motifs is 1. The molecular formula is C17H13IN2O4. The fraction of sp³-hybridized carbons (Fsp3) is 0.118. The van der Waals surface area contributed by atoms with Crippen molar-refractivity contribution in [1.29, 1.82) is 0 Å². The Morgan fingerprint density at radius 2 is 1.96 bits per heavy atom. The van der Waals surface area contributed by atoms with E-state index < -0.39 is 5.97 Å². The van der Waals surface area contributed by atoms with Crippen molar-refractivity contribution < 1.29 is 14.6 Å². The van der Waals surface area contributed by atoms with Crippen molar-refractivity contribution in [2.75, 3.05) is 7.11 Å². The van der Waals surface area contributed by atoms with E-state index in [9.17, 15) is 14.7 Å². The third kappa shape index (κ3) is 2.86. The highest BCUT2D eigenvalue weighted by molar-refractivity contribution is 14.1. The summed E-state index contributed by atoms with van der Waals surface area (Å²) in [5, 5.41) is 11.1. The lowest BCUT2D eigenvalue weighted by molar-refractivity contribution is 0.0590. The monoisotopic (exact) mass is 436 g/mol. The summed E-state index contributed by atoms with van der Waals surface area (Å²) >= 11 is 1.96. The van der Waals surface area contributed by atoms with Gasteiger partial charge in [-0.05, 0) is 34.2 Å². The van der Waals surface area contributed by atoms with E-state index in [2.05, 4.69) is 9.72 Å². The highest BCUT2D eigenvalue weighted by Gasteiger charge is 2.21. The van der Waals surface area contributed by atoms with Gasteiger partial charge in [0.25, 0.3) is 5.56 Å². The van der Waals surface area contributed by atoms with Gasteiger partial charge in [0.1, 0.15) is 3.70 Å². The van der Waals surface area contributed by atoms with E-state index in [-0.39, 0.29) is 29.1 Å². The summed E-state index contributed by atoms with van der Waals surface area (Å²) in [6, 6.07) is 12.4. The van der Waals surface area contributed by atoms with Gasteiger partial charge >= 0.3 is 5.97 Å². The first kappa shape index (κ1) is 16.4. The van der Waals surface area contributed by atoms with Gasteiger partial charge in [-0.2, -0.15) is 0 Å². The number of benzene rings is 1. The molecule has 0 saturated heterocycles. The van der Waals surface area contributed by atoms with Crippen LogP contribution in [0.25, 0.3) is 10.9 Å². The van der Waals surface area contributed by atoms with Crippen LogP contribution in [0, 0.1) is 3.70 Å². The number of nitrogens with zero attached hydrogens (tertiary/aromatic N) is 2. The van der Waals surface area contributed by atoms with Gasteiger partial charge in [0, 0.05) is 11.5 Å². The molecule has 7 heteroatoms. The quantitative estimate of drug-likeness (QED) is 0.388. The minimum absolute atomic E-state index is 0.207. The second-order valence-electron chi connectivity index (χ2n) is 5.10. The van der Waals surface area contributed by atoms with Gasteiger partial charge in [0.2, 0.25) is 0 Å². The van der Waals surface area contributed by atoms with Crippen molar-refractivity contribution in [2.24, 2.45) is 0 Å². The lowest BCUT2D eigenvalue weighted by Crippen LogP contribution is -2.21. The van der Waals surface area contributed by atoms with Crippen LogP contribution in [0.15, 0.2) is 47.3 Å². The SMILES string of the molecule is COC(=O)c1nc(I)c2ccc(=O)n(Cc3ccccc3)c2c1O. The number of aromatic hydroxyl groups is 1. The number of halogens is 1. The first-order chi connectivity index (χ1) is 11.5. The molecule has 0 fully saturated rings. The summed E-state index contributed by atoms with van der Waals surface area (Å²) in [6.07, 6.45) is 0. The first-order valence-electron chi connectivity index (χ1n) is 7.07. The van der Waals surface area contributed by atoms with Crippen molar-refractivity contribution in [3.8, 4) is 5.75 Å². The number of aromatic nitrogens is 2. The van der Waals surface area contributed by atoms with Gasteiger partial charge in [-0.3, -0.25) is 4.79 Å². The lowest BCUT2D eigenvalue weighted by atomic mass is 10.1. The van der Waals surface area contributed by atoms with E-state index in [4.69, 9.17) is 0 Å². The number of hydrogen-bond acceptors (Lipinski definition) is 5. The molecular weight excluding hydrogens is 423 g/mol. The van der Waals surface area contributed by atoms with Gasteiger partial charge in [-0.1, -0.05) is 30.3 Å². The standard InChI is InChI=1S/C17H13IN2O4/c1-24-17(23)13-15(22)14-11(16(18)19-13)7-8-12(21)20(14)9-10-5-3-2-4-6-10/h2-8,22H,9H2,1H3. The molecule has 1 N–H and O–H groups in total. The van der Waals surface area contributed by atoms with Crippen LogP contribution in [0.3, 0.4) is 0 Å². The van der Waals surface area contributed by atoms with Crippen LogP contribution in [0.5, 0.6) is 5.75 Å². The molecule has 3 rings (SSSR count). The second-order valence-corrected chi connectivity index (χ2v) is 6.12. The van der Waals surface area contributed by atoms with Crippen molar-refractivity contribution in [3.63, 3.8) is 0 Å². The molecule has 24 heavy (non-hydrogen) atoms. The summed E-state index contributed by atoms with van der Waals surface area (Å²) in [6.45, 7) is 0.269. The van der Waals surface area contributed by atoms with Crippen LogP contribution in [-0.2, 0) is 11.3 Å². The molecule has 0 amide bonds. The van der Waals surface area contributed by atoms with Crippen LogP contribution < -0.4 is 5.56 Å². The number of rotatable bonds is 3. The number of esters is 1. The maximum absolute atomic E-state index is 12.4. The number of methoxy groups -OCH3 is 1. The Kier molecular flexibility index (Phi) is 4.52. The summed E-state index contributed by atoms with van der Waals surface area (Å²) in [5.41, 5.74) is 0.686. The zero-order chi connectivity index (χ0) is 17.3. The van der Waals surface area contributed by atoms with Gasteiger partial charge in [0.15, 0.2) is 11.4 Å². The highest BCUT2D eigenvalue weighted by atomic mass is 127. The number of ether oxygens (including phenoxy) is 1. The molecule has 0 atom stereocenters. The van der Waals surface area contributed by atoms with Crippen LogP contribution in [0.2, 0.25) is 0 Å². The van der Waals surface area contributed by atoms with Gasteiger partial charge < -0.3 is 14.4 Å². The topological polar surface area (TPSA) is 81.4 Å². The number of pyridine rings is 2. The molecule has 2 aromatic heterocycles. The van der Waals surface area contributed by atoms with Gasteiger partial charge in [0.05, 0.1) is 19.2 Å². The van der Waals surface area contributed by atoms with E-state index in [1.165, 1.54) is 17.7 Å². The molecule has 122 valence electrons. The van der Waals surface area contributed by atoms with Crippen LogP contribution >= 0.6 is 22.6 Å². The summed E-state index contributed by atoms with van der Waals surface area (Å²) in [5.74, 6) is -1.11. The molecule has 3 aromatic rings. The third-order valence-electron chi connectivity index (χ3n) is 3.63. The van der Waals surface area contributed by atoms with Crippen molar-refractivity contribution >= 4 is 39.5 Å². The number of hydrogen-bond donors (Lipinski definition) is 1. The van der Waals surface area contributed by atoms with Crippen molar-refractivity contribution in [1.82, 2.24) is 9.55 Å². The van der Waals surface area contributed by atoms with E-state index in [0.29, 0.717) is 9.09 Å². The smallest absolute Gasteiger partial charge is 0.360 e. The third-order valence-corrected chi connectivity index (χ3v) is 4.45. The Morgan fingerprint density at radius 1 is 1.25 bits per heavy atom. The molecule has 0 aliphatic rings. The molecule has 1 aromatic carbocycles. The van der Waals surface area contributed by atoms with Gasteiger partial charge in [-0.15, -0.1) is 0 Å². The molecule has 0 aliphatic heterocycles. The average Bonchev–Trinajstić information content (AvgIpc) is 2.60. The Labute approximate surface area is 150 Å². The Morgan fingerprint density at radius 3 is 2.62 bits per heavy atom. The van der Waals surface area contributed by atoms with E-state index in [1.807, 2.05) is 52.9 Å². The molecule has 0 unspecified atom stereocenters. The van der Waals surface area contributed by atoms with Gasteiger partial charge in [-0.25, -0.2) is 9.78 Å². The first-order valence-corrected chi connectivity index (χ1v) is 8.15. The molecule has 0 bridgehead atoms. The number of carbonyl (C=O) groups is 1. The maximum Gasteiger partial charge on any atom is 0.360 e. The van der Waals surface area contributed by atoms with E-state index >= 15 is 0 Å². The maximum atomic E-state index is 12.4. The zero-order valence-electron chi connectivity index (χ0n) is 12.7. The van der Waals surface area contributed by atoms with Crippen molar-refractivity contribution in [3.05, 3.63) is 67.8 Å². The van der Waals surface area contributed by atoms with Crippen molar-refractivity contribution in [2.45, 2.75) is 6.54 Å². The largest absolute Gasteiger partial charge is 0.504 e. The van der Waals surface area contributed by atoms with E-state index in [1.54, 1.807) is 6.07 Å². The Hall–Kier alpha value is -2.42. The molecule has 0 saturated carbocycles. The molecule has 2 heterocycles. The molecule has 0 aliphatic carbocycles. The second kappa shape index (κ2) is 6.60. The summed E-state index contributed by atoms with van der Waals surface area (Å²) in [4.78, 5) is 28.3. The normalized spacial score (nSPS) is 10.8. The van der Waals surface area contributed by atoms with Crippen LogP contribution in [0.1, 0.15) is 16.1 Å². The van der Waals surface area contributed by atoms with E-state index in [0.717, 1.165) is 5.56 Å². The molecule has 0 spiro atoms.